The Morgan fingerprint density at radius 2 is 2.55 bits per heavy atom. The van der Waals surface area contributed by atoms with Crippen molar-refractivity contribution < 1.29 is 0 Å². The zero-order chi connectivity index (χ0) is 8.10. The molecule has 0 aromatic rings. The lowest BCUT2D eigenvalue weighted by molar-refractivity contribution is 1.21. The highest BCUT2D eigenvalue weighted by Crippen LogP contribution is 2.12. The molecule has 0 aromatic carbocycles. The van der Waals surface area contributed by atoms with E-state index in [-0.39, 0.29) is 0 Å². The lowest BCUT2D eigenvalue weighted by atomic mass is 10.2. The molecule has 0 amide bonds. The van der Waals surface area contributed by atoms with E-state index in [9.17, 15) is 0 Å². The molecule has 1 aliphatic rings. The summed E-state index contributed by atoms with van der Waals surface area (Å²) in [6, 6.07) is 0. The van der Waals surface area contributed by atoms with Gasteiger partial charge in [0.2, 0.25) is 0 Å². The van der Waals surface area contributed by atoms with Gasteiger partial charge < -0.3 is 0 Å². The number of hydrogen-bond acceptors (Lipinski definition) is 0. The fourth-order valence-electron chi connectivity index (χ4n) is 0.999. The van der Waals surface area contributed by atoms with Gasteiger partial charge in [0.05, 0.1) is 0 Å². The molecule has 0 fully saturated rings. The van der Waals surface area contributed by atoms with Gasteiger partial charge in [0.15, 0.2) is 0 Å². The molecule has 0 saturated heterocycles. The maximum atomic E-state index is 3.83. The minimum Gasteiger partial charge on any atom is -0.0998 e. The summed E-state index contributed by atoms with van der Waals surface area (Å²) in [5.41, 5.74) is 2.61. The van der Waals surface area contributed by atoms with Crippen LogP contribution in [-0.4, -0.2) is 0 Å². The van der Waals surface area contributed by atoms with E-state index in [1.54, 1.807) is 0 Å². The van der Waals surface area contributed by atoms with Gasteiger partial charge in [0.1, 0.15) is 0 Å². The molecule has 11 heavy (non-hydrogen) atoms. The van der Waals surface area contributed by atoms with Crippen molar-refractivity contribution in [1.82, 2.24) is 0 Å². The van der Waals surface area contributed by atoms with Crippen molar-refractivity contribution in [3.63, 3.8) is 0 Å². The van der Waals surface area contributed by atoms with Gasteiger partial charge in [0.25, 0.3) is 0 Å². The quantitative estimate of drug-likeness (QED) is 0.535. The standard InChI is InChI=1S/C11H14/c1-10(2)6-5-9-11-7-3-4-8-11/h3-5,7,9H,1,6,8H2,2H3. The topological polar surface area (TPSA) is 0 Å². The van der Waals surface area contributed by atoms with Crippen molar-refractivity contribution >= 4 is 0 Å². The first-order valence-electron chi connectivity index (χ1n) is 3.95. The van der Waals surface area contributed by atoms with Crippen LogP contribution < -0.4 is 0 Å². The van der Waals surface area contributed by atoms with Crippen LogP contribution in [0.5, 0.6) is 0 Å². The number of rotatable bonds is 3. The van der Waals surface area contributed by atoms with E-state index in [4.69, 9.17) is 0 Å². The monoisotopic (exact) mass is 146 g/mol. The van der Waals surface area contributed by atoms with Crippen LogP contribution >= 0.6 is 0 Å². The molecule has 0 aliphatic heterocycles. The van der Waals surface area contributed by atoms with E-state index in [0.29, 0.717) is 0 Å². The minimum absolute atomic E-state index is 0.997. The Bertz CT molecular complexity index is 226. The van der Waals surface area contributed by atoms with Crippen molar-refractivity contribution in [2.75, 3.05) is 0 Å². The van der Waals surface area contributed by atoms with E-state index < -0.39 is 0 Å². The van der Waals surface area contributed by atoms with Crippen LogP contribution in [0.3, 0.4) is 0 Å². The first kappa shape index (κ1) is 8.06. The Hall–Kier alpha value is -1.04. The van der Waals surface area contributed by atoms with Crippen molar-refractivity contribution in [2.24, 2.45) is 0 Å². The summed E-state index contributed by atoms with van der Waals surface area (Å²) in [5, 5.41) is 0. The normalized spacial score (nSPS) is 15.9. The van der Waals surface area contributed by atoms with Crippen LogP contribution in [0.2, 0.25) is 0 Å². The molecule has 1 aliphatic carbocycles. The molecule has 0 heteroatoms. The van der Waals surface area contributed by atoms with E-state index in [1.165, 1.54) is 11.1 Å². The smallest absolute Gasteiger partial charge is 0.00944 e. The zero-order valence-electron chi connectivity index (χ0n) is 7.01. The molecule has 0 saturated carbocycles. The fraction of sp³-hybridized carbons (Fsp3) is 0.273. The van der Waals surface area contributed by atoms with Gasteiger partial charge in [-0.3, -0.25) is 0 Å². The van der Waals surface area contributed by atoms with E-state index in [1.807, 2.05) is 6.92 Å². The second-order valence-corrected chi connectivity index (χ2v) is 2.94. The molecule has 0 aromatic heterocycles. The molecule has 0 nitrogen and oxygen atoms in total. The van der Waals surface area contributed by atoms with Crippen molar-refractivity contribution in [2.45, 2.75) is 19.8 Å². The van der Waals surface area contributed by atoms with Crippen molar-refractivity contribution in [3.05, 3.63) is 48.1 Å². The highest BCUT2D eigenvalue weighted by Gasteiger charge is 1.91. The van der Waals surface area contributed by atoms with Gasteiger partial charge in [-0.25, -0.2) is 0 Å². The predicted molar refractivity (Wildman–Crippen MR) is 50.4 cm³/mol. The zero-order valence-corrected chi connectivity index (χ0v) is 7.01. The molecule has 0 unspecified atom stereocenters. The van der Waals surface area contributed by atoms with E-state index in [2.05, 4.69) is 37.0 Å². The lowest BCUT2D eigenvalue weighted by Crippen LogP contribution is -1.71. The van der Waals surface area contributed by atoms with Gasteiger partial charge in [-0.2, -0.15) is 0 Å². The third-order valence-electron chi connectivity index (χ3n) is 1.60. The average Bonchev–Trinajstić information content (AvgIpc) is 2.39. The summed E-state index contributed by atoms with van der Waals surface area (Å²) in [6.07, 6.45) is 12.8. The Morgan fingerprint density at radius 1 is 1.73 bits per heavy atom. The Kier molecular flexibility index (Phi) is 2.91. The number of allylic oxidation sites excluding steroid dienone is 7. The Morgan fingerprint density at radius 3 is 3.09 bits per heavy atom. The van der Waals surface area contributed by atoms with Crippen LogP contribution in [0.1, 0.15) is 19.8 Å². The summed E-state index contributed by atoms with van der Waals surface area (Å²) < 4.78 is 0. The summed E-state index contributed by atoms with van der Waals surface area (Å²) in [5.74, 6) is 0. The molecular formula is C11H14. The molecule has 1 rings (SSSR count). The minimum atomic E-state index is 0.997. The van der Waals surface area contributed by atoms with Gasteiger partial charge >= 0.3 is 0 Å². The molecule has 0 heterocycles. The van der Waals surface area contributed by atoms with Crippen molar-refractivity contribution in [3.8, 4) is 0 Å². The largest absolute Gasteiger partial charge is 0.0998 e. The van der Waals surface area contributed by atoms with Crippen molar-refractivity contribution in [1.29, 1.82) is 0 Å². The predicted octanol–water partition coefficient (Wildman–Crippen LogP) is 3.40. The number of hydrogen-bond donors (Lipinski definition) is 0. The lowest BCUT2D eigenvalue weighted by Gasteiger charge is -1.91. The first-order valence-corrected chi connectivity index (χ1v) is 3.95. The van der Waals surface area contributed by atoms with Gasteiger partial charge in [-0.15, -0.1) is 0 Å². The first-order chi connectivity index (χ1) is 5.29. The third-order valence-corrected chi connectivity index (χ3v) is 1.60. The highest BCUT2D eigenvalue weighted by atomic mass is 14.0. The third kappa shape index (κ3) is 3.03. The van der Waals surface area contributed by atoms with Gasteiger partial charge in [-0.05, 0) is 25.3 Å². The SMILES string of the molecule is C=C(C)CC=CC1=CC=CC1. The second kappa shape index (κ2) is 3.97. The molecule has 0 bridgehead atoms. The average molecular weight is 146 g/mol. The molecule has 0 N–H and O–H groups in total. The maximum absolute atomic E-state index is 3.83. The van der Waals surface area contributed by atoms with Crippen LogP contribution in [0.4, 0.5) is 0 Å². The van der Waals surface area contributed by atoms with Crippen LogP contribution in [-0.2, 0) is 0 Å². The maximum Gasteiger partial charge on any atom is -0.00944 e. The summed E-state index contributed by atoms with van der Waals surface area (Å²) in [7, 11) is 0. The van der Waals surface area contributed by atoms with Gasteiger partial charge in [-0.1, -0.05) is 42.5 Å². The summed E-state index contributed by atoms with van der Waals surface area (Å²) in [4.78, 5) is 0. The van der Waals surface area contributed by atoms with Gasteiger partial charge in [0, 0.05) is 0 Å². The molecular weight excluding hydrogens is 132 g/mol. The molecule has 0 atom stereocenters. The second-order valence-electron chi connectivity index (χ2n) is 2.94. The van der Waals surface area contributed by atoms with E-state index in [0.717, 1.165) is 12.8 Å². The highest BCUT2D eigenvalue weighted by molar-refractivity contribution is 5.31. The molecule has 0 spiro atoms. The summed E-state index contributed by atoms with van der Waals surface area (Å²) >= 11 is 0. The van der Waals surface area contributed by atoms with Crippen LogP contribution in [0, 0.1) is 0 Å². The van der Waals surface area contributed by atoms with Crippen LogP contribution in [0.15, 0.2) is 48.1 Å². The Balaban J connectivity index is 2.30. The molecule has 0 radical (unpaired) electrons. The Labute approximate surface area is 68.6 Å². The summed E-state index contributed by atoms with van der Waals surface area (Å²) in [6.45, 7) is 5.88. The molecule has 58 valence electrons. The van der Waals surface area contributed by atoms with E-state index >= 15 is 0 Å². The van der Waals surface area contributed by atoms with Crippen LogP contribution in [0.25, 0.3) is 0 Å². The fourth-order valence-corrected chi connectivity index (χ4v) is 0.999.